The number of benzene rings is 2. The maximum atomic E-state index is 12.4. The normalized spacial score (nSPS) is 10.8. The molecule has 0 N–H and O–H groups in total. The Bertz CT molecular complexity index is 980. The van der Waals surface area contributed by atoms with Gasteiger partial charge in [-0.1, -0.05) is 30.3 Å². The van der Waals surface area contributed by atoms with Crippen molar-refractivity contribution in [3.05, 3.63) is 72.1 Å². The first-order valence-electron chi connectivity index (χ1n) is 7.08. The summed E-state index contributed by atoms with van der Waals surface area (Å²) < 4.78 is 12.5. The molecule has 0 aliphatic carbocycles. The van der Waals surface area contributed by atoms with E-state index in [1.807, 2.05) is 6.07 Å². The maximum absolute atomic E-state index is 12.4. The Morgan fingerprint density at radius 2 is 1.96 bits per heavy atom. The second-order valence-corrected chi connectivity index (χ2v) is 7.06. The largest absolute Gasteiger partial charge is 0.494 e. The molecule has 4 nitrogen and oxygen atoms in total. The Morgan fingerprint density at radius 3 is 2.62 bits per heavy atom. The van der Waals surface area contributed by atoms with Gasteiger partial charge in [-0.25, -0.2) is 0 Å². The molecule has 6 heteroatoms. The average molecular weight is 499 g/mol. The van der Waals surface area contributed by atoms with Crippen molar-refractivity contribution in [1.29, 1.82) is 0 Å². The van der Waals surface area contributed by atoms with Gasteiger partial charge in [0.2, 0.25) is 0 Å². The highest BCUT2D eigenvalue weighted by molar-refractivity contribution is 14.1. The van der Waals surface area contributed by atoms with Crippen molar-refractivity contribution in [2.45, 2.75) is 6.42 Å². The van der Waals surface area contributed by atoms with Gasteiger partial charge in [0.25, 0.3) is 0 Å². The van der Waals surface area contributed by atoms with Gasteiger partial charge in [0, 0.05) is 11.6 Å². The molecule has 0 aliphatic heterocycles. The van der Waals surface area contributed by atoms with Crippen LogP contribution in [0.3, 0.4) is 0 Å². The maximum Gasteiger partial charge on any atom is 0.193 e. The van der Waals surface area contributed by atoms with Crippen LogP contribution >= 0.6 is 38.5 Å². The second-order valence-electron chi connectivity index (χ2n) is 5.13. The average Bonchev–Trinajstić information content (AvgIpc) is 2.57. The fraction of sp³-hybridized carbons (Fsp3) is 0.111. The fourth-order valence-corrected chi connectivity index (χ4v) is 4.28. The van der Waals surface area contributed by atoms with Crippen molar-refractivity contribution in [2.75, 3.05) is 7.11 Å². The van der Waals surface area contributed by atoms with Crippen LogP contribution in [0.1, 0.15) is 16.1 Å². The summed E-state index contributed by atoms with van der Waals surface area (Å²) in [7, 11) is 1.55. The first-order valence-corrected chi connectivity index (χ1v) is 8.95. The van der Waals surface area contributed by atoms with E-state index >= 15 is 0 Å². The van der Waals surface area contributed by atoms with E-state index in [1.165, 1.54) is 6.07 Å². The Balaban J connectivity index is 2.07. The lowest BCUT2D eigenvalue weighted by Crippen LogP contribution is -2.08. The molecule has 0 spiro atoms. The van der Waals surface area contributed by atoms with Crippen LogP contribution in [0.5, 0.6) is 5.75 Å². The van der Waals surface area contributed by atoms with Crippen molar-refractivity contribution >= 4 is 55.3 Å². The molecule has 3 aromatic rings. The fourth-order valence-electron chi connectivity index (χ4n) is 2.41. The van der Waals surface area contributed by atoms with Crippen LogP contribution in [-0.4, -0.2) is 12.9 Å². The molecule has 0 unspecified atom stereocenters. The summed E-state index contributed by atoms with van der Waals surface area (Å²) in [6.45, 7) is 0. The Kier molecular flexibility index (Phi) is 5.05. The van der Waals surface area contributed by atoms with Crippen LogP contribution in [0.4, 0.5) is 0 Å². The van der Waals surface area contributed by atoms with Gasteiger partial charge in [-0.05, 0) is 44.6 Å². The van der Waals surface area contributed by atoms with Gasteiger partial charge < -0.3 is 9.15 Å². The van der Waals surface area contributed by atoms with Crippen LogP contribution in [0.2, 0.25) is 0 Å². The lowest BCUT2D eigenvalue weighted by Gasteiger charge is -2.10. The molecular weight excluding hydrogens is 487 g/mol. The number of methoxy groups -OCH3 is 1. The molecule has 0 amide bonds. The first kappa shape index (κ1) is 17.2. The van der Waals surface area contributed by atoms with Crippen molar-refractivity contribution in [2.24, 2.45) is 0 Å². The third-order valence-electron chi connectivity index (χ3n) is 3.56. The van der Waals surface area contributed by atoms with Gasteiger partial charge in [0.1, 0.15) is 11.5 Å². The minimum atomic E-state index is -0.187. The molecular formula is C18H12BrIO4. The van der Waals surface area contributed by atoms with E-state index in [9.17, 15) is 9.59 Å². The monoisotopic (exact) mass is 498 g/mol. The molecule has 1 heterocycles. The number of carbonyl (C=O) groups is 1. The summed E-state index contributed by atoms with van der Waals surface area (Å²) in [5.41, 5.74) is 0.829. The first-order chi connectivity index (χ1) is 11.5. The molecule has 0 radical (unpaired) electrons. The molecule has 1 aromatic heterocycles. The molecule has 122 valence electrons. The van der Waals surface area contributed by atoms with E-state index in [0.29, 0.717) is 36.1 Å². The summed E-state index contributed by atoms with van der Waals surface area (Å²) in [6, 6.07) is 12.0. The van der Waals surface area contributed by atoms with E-state index in [2.05, 4.69) is 38.5 Å². The summed E-state index contributed by atoms with van der Waals surface area (Å²) in [5, 5.41) is 0.447. The topological polar surface area (TPSA) is 56.5 Å². The number of rotatable bonds is 4. The number of carbonyl (C=O) groups excluding carboxylic acids is 1. The summed E-state index contributed by atoms with van der Waals surface area (Å²) in [6.07, 6.45) is 0.0314. The van der Waals surface area contributed by atoms with Gasteiger partial charge in [-0.2, -0.15) is 0 Å². The Morgan fingerprint density at radius 1 is 1.25 bits per heavy atom. The number of Topliss-reactive ketones (excluding diaryl/α,β-unsaturated/α-hetero) is 1. The second kappa shape index (κ2) is 7.06. The Hall–Kier alpha value is -1.67. The molecule has 0 aliphatic rings. The molecule has 0 saturated carbocycles. The van der Waals surface area contributed by atoms with Crippen LogP contribution in [-0.2, 0) is 6.42 Å². The lowest BCUT2D eigenvalue weighted by atomic mass is 10.1. The van der Waals surface area contributed by atoms with Crippen molar-refractivity contribution in [3.8, 4) is 5.75 Å². The number of ketones is 1. The minimum absolute atomic E-state index is 0.0314. The third kappa shape index (κ3) is 3.25. The Labute approximate surface area is 160 Å². The highest BCUT2D eigenvalue weighted by atomic mass is 127. The molecule has 24 heavy (non-hydrogen) atoms. The van der Waals surface area contributed by atoms with E-state index in [0.717, 1.165) is 0 Å². The highest BCUT2D eigenvalue weighted by Crippen LogP contribution is 2.35. The molecule has 0 bridgehead atoms. The van der Waals surface area contributed by atoms with Gasteiger partial charge in [-0.15, -0.1) is 0 Å². The zero-order valence-electron chi connectivity index (χ0n) is 12.6. The van der Waals surface area contributed by atoms with Crippen LogP contribution < -0.4 is 10.2 Å². The van der Waals surface area contributed by atoms with Gasteiger partial charge in [0.15, 0.2) is 16.8 Å². The van der Waals surface area contributed by atoms with E-state index in [4.69, 9.17) is 9.15 Å². The number of hydrogen-bond acceptors (Lipinski definition) is 4. The summed E-state index contributed by atoms with van der Waals surface area (Å²) in [4.78, 5) is 24.7. The minimum Gasteiger partial charge on any atom is -0.494 e. The van der Waals surface area contributed by atoms with Crippen molar-refractivity contribution in [1.82, 2.24) is 0 Å². The van der Waals surface area contributed by atoms with E-state index in [-0.39, 0.29) is 17.6 Å². The van der Waals surface area contributed by atoms with Gasteiger partial charge in [-0.3, -0.25) is 9.59 Å². The zero-order chi connectivity index (χ0) is 17.3. The predicted molar refractivity (Wildman–Crippen MR) is 104 cm³/mol. The quantitative estimate of drug-likeness (QED) is 0.390. The van der Waals surface area contributed by atoms with Gasteiger partial charge >= 0.3 is 0 Å². The third-order valence-corrected chi connectivity index (χ3v) is 5.13. The summed E-state index contributed by atoms with van der Waals surface area (Å²) in [5.74, 6) is 0.832. The van der Waals surface area contributed by atoms with Crippen molar-refractivity contribution in [3.63, 3.8) is 0 Å². The smallest absolute Gasteiger partial charge is 0.193 e. The van der Waals surface area contributed by atoms with Crippen LogP contribution in [0.15, 0.2) is 56.1 Å². The summed E-state index contributed by atoms with van der Waals surface area (Å²) >= 11 is 5.46. The predicted octanol–water partition coefficient (Wildman–Crippen LogP) is 4.59. The molecule has 3 rings (SSSR count). The number of fused-ring (bicyclic) bond motifs is 1. The zero-order valence-corrected chi connectivity index (χ0v) is 16.4. The molecule has 2 aromatic carbocycles. The van der Waals surface area contributed by atoms with Crippen molar-refractivity contribution < 1.29 is 13.9 Å². The van der Waals surface area contributed by atoms with Gasteiger partial charge in [0.05, 0.1) is 27.0 Å². The van der Waals surface area contributed by atoms with E-state index in [1.54, 1.807) is 37.4 Å². The van der Waals surface area contributed by atoms with Crippen LogP contribution in [0.25, 0.3) is 11.0 Å². The van der Waals surface area contributed by atoms with E-state index < -0.39 is 0 Å². The highest BCUT2D eigenvalue weighted by Gasteiger charge is 2.17. The number of ether oxygens (including phenoxy) is 1. The molecule has 0 fully saturated rings. The SMILES string of the molecule is COc1c(Br)cc2c(=O)cc(CC(=O)c3ccccc3)oc2c1I. The molecule has 0 atom stereocenters. The lowest BCUT2D eigenvalue weighted by molar-refractivity contribution is 0.0987. The van der Waals surface area contributed by atoms with Crippen LogP contribution in [0, 0.1) is 3.57 Å². The number of hydrogen-bond donors (Lipinski definition) is 0. The molecule has 0 saturated heterocycles. The number of halogens is 2. The standard InChI is InChI=1S/C18H12BrIO4/c1-23-18-13(19)9-12-15(22)8-11(24-17(12)16(18)20)7-14(21)10-5-3-2-4-6-10/h2-6,8-9H,7H2,1H3.